The van der Waals surface area contributed by atoms with Gasteiger partial charge < -0.3 is 24.4 Å². The molecule has 0 amide bonds. The molecule has 0 bridgehead atoms. The lowest BCUT2D eigenvalue weighted by Crippen LogP contribution is -2.24. The highest BCUT2D eigenvalue weighted by atomic mass is 16.5. The topological polar surface area (TPSA) is 102 Å². The van der Waals surface area contributed by atoms with Crippen molar-refractivity contribution in [3.63, 3.8) is 0 Å². The van der Waals surface area contributed by atoms with Crippen LogP contribution in [0.25, 0.3) is 0 Å². The Morgan fingerprint density at radius 2 is 1.63 bits per heavy atom. The second-order valence-electron chi connectivity index (χ2n) is 5.79. The summed E-state index contributed by atoms with van der Waals surface area (Å²) in [5.74, 6) is -0.805. The third kappa shape index (κ3) is 6.63. The second kappa shape index (κ2) is 10.2. The number of hydrogen-bond acceptors (Lipinski definition) is 5. The fraction of sp³-hybridized carbons (Fsp3) is 0.300. The molecule has 2 rings (SSSR count). The van der Waals surface area contributed by atoms with Gasteiger partial charge in [0.2, 0.25) is 0 Å². The normalized spacial score (nSPS) is 11.6. The fourth-order valence-corrected chi connectivity index (χ4v) is 2.37. The summed E-state index contributed by atoms with van der Waals surface area (Å²) in [6, 6.07) is 13.5. The Hall–Kier alpha value is -3.06. The van der Waals surface area contributed by atoms with Crippen LogP contribution >= 0.6 is 0 Å². The van der Waals surface area contributed by atoms with Crippen molar-refractivity contribution < 1.29 is 34.0 Å². The molecule has 0 aliphatic rings. The molecule has 1 atom stereocenters. The van der Waals surface area contributed by atoms with Gasteiger partial charge in [-0.15, -0.1) is 0 Å². The summed E-state index contributed by atoms with van der Waals surface area (Å²) in [7, 11) is 1.37. The van der Waals surface area contributed by atoms with E-state index in [1.54, 1.807) is 36.4 Å². The molecule has 0 spiro atoms. The van der Waals surface area contributed by atoms with Gasteiger partial charge in [-0.25, -0.2) is 9.59 Å². The molecule has 2 aromatic rings. The summed E-state index contributed by atoms with van der Waals surface area (Å²) in [6.45, 7) is 0.836. The SMILES string of the molecule is CO[C@@H](Cc1ccc(OCCCOc2cccc(C(=O)O)c2)cc1)C(=O)O. The molecule has 0 aromatic heterocycles. The van der Waals surface area contributed by atoms with E-state index in [9.17, 15) is 9.59 Å². The molecule has 2 N–H and O–H groups in total. The summed E-state index contributed by atoms with van der Waals surface area (Å²) in [4.78, 5) is 21.9. The van der Waals surface area contributed by atoms with Gasteiger partial charge in [-0.2, -0.15) is 0 Å². The van der Waals surface area contributed by atoms with Crippen LogP contribution in [0.1, 0.15) is 22.3 Å². The Labute approximate surface area is 157 Å². The third-order valence-electron chi connectivity index (χ3n) is 3.81. The predicted octanol–water partition coefficient (Wildman–Crippen LogP) is 2.87. The van der Waals surface area contributed by atoms with Gasteiger partial charge in [-0.1, -0.05) is 18.2 Å². The maximum Gasteiger partial charge on any atom is 0.335 e. The van der Waals surface area contributed by atoms with Crippen LogP contribution < -0.4 is 9.47 Å². The molecule has 0 fully saturated rings. The number of aromatic carboxylic acids is 1. The fourth-order valence-electron chi connectivity index (χ4n) is 2.37. The predicted molar refractivity (Wildman–Crippen MR) is 97.6 cm³/mol. The van der Waals surface area contributed by atoms with Gasteiger partial charge in [0.25, 0.3) is 0 Å². The number of benzene rings is 2. The van der Waals surface area contributed by atoms with Crippen molar-refractivity contribution >= 4 is 11.9 Å². The first-order chi connectivity index (χ1) is 13.0. The Balaban J connectivity index is 1.72. The molecular formula is C20H22O7. The highest BCUT2D eigenvalue weighted by Gasteiger charge is 2.16. The monoisotopic (exact) mass is 374 g/mol. The highest BCUT2D eigenvalue weighted by molar-refractivity contribution is 5.88. The first-order valence-electron chi connectivity index (χ1n) is 8.43. The zero-order valence-electron chi connectivity index (χ0n) is 15.0. The van der Waals surface area contributed by atoms with E-state index < -0.39 is 18.0 Å². The van der Waals surface area contributed by atoms with Gasteiger partial charge in [0.15, 0.2) is 6.10 Å². The van der Waals surface area contributed by atoms with Gasteiger partial charge in [-0.05, 0) is 35.9 Å². The van der Waals surface area contributed by atoms with Crippen LogP contribution in [0.2, 0.25) is 0 Å². The Kier molecular flexibility index (Phi) is 7.63. The Morgan fingerprint density at radius 1 is 0.963 bits per heavy atom. The number of carboxylic acid groups (broad SMARTS) is 2. The van der Waals surface area contributed by atoms with Crippen molar-refractivity contribution in [2.45, 2.75) is 18.9 Å². The number of hydrogen-bond donors (Lipinski definition) is 2. The van der Waals surface area contributed by atoms with E-state index in [2.05, 4.69) is 0 Å². The molecule has 7 heteroatoms. The minimum Gasteiger partial charge on any atom is -0.493 e. The van der Waals surface area contributed by atoms with Crippen LogP contribution in [-0.2, 0) is 16.0 Å². The lowest BCUT2D eigenvalue weighted by atomic mass is 10.1. The molecule has 2 aromatic carbocycles. The maximum atomic E-state index is 11.0. The van der Waals surface area contributed by atoms with Crippen LogP contribution in [0.4, 0.5) is 0 Å². The van der Waals surface area contributed by atoms with Crippen LogP contribution in [0.15, 0.2) is 48.5 Å². The van der Waals surface area contributed by atoms with Crippen molar-refractivity contribution in [3.05, 3.63) is 59.7 Å². The smallest absolute Gasteiger partial charge is 0.335 e. The largest absolute Gasteiger partial charge is 0.493 e. The van der Waals surface area contributed by atoms with E-state index in [1.807, 2.05) is 0 Å². The van der Waals surface area contributed by atoms with Gasteiger partial charge in [0, 0.05) is 20.0 Å². The molecule has 0 radical (unpaired) electrons. The first-order valence-corrected chi connectivity index (χ1v) is 8.43. The molecule has 0 saturated carbocycles. The summed E-state index contributed by atoms with van der Waals surface area (Å²) in [5, 5.41) is 17.9. The van der Waals surface area contributed by atoms with Crippen molar-refractivity contribution in [1.82, 2.24) is 0 Å². The van der Waals surface area contributed by atoms with Gasteiger partial charge in [-0.3, -0.25) is 0 Å². The minimum absolute atomic E-state index is 0.183. The Bertz CT molecular complexity index is 755. The minimum atomic E-state index is -0.994. The first kappa shape index (κ1) is 20.3. The average Bonchev–Trinajstić information content (AvgIpc) is 2.67. The second-order valence-corrected chi connectivity index (χ2v) is 5.79. The zero-order chi connectivity index (χ0) is 19.6. The molecule has 0 aliphatic carbocycles. The number of rotatable bonds is 11. The van der Waals surface area contributed by atoms with E-state index in [0.29, 0.717) is 31.1 Å². The van der Waals surface area contributed by atoms with Gasteiger partial charge in [0.05, 0.1) is 18.8 Å². The number of ether oxygens (including phenoxy) is 3. The molecule has 27 heavy (non-hydrogen) atoms. The standard InChI is InChI=1S/C20H22O7/c1-25-18(20(23)24)12-14-6-8-16(9-7-14)26-10-3-11-27-17-5-2-4-15(13-17)19(21)22/h2,4-9,13,18H,3,10-12H2,1H3,(H,21,22)(H,23,24)/t18-/m0/s1. The third-order valence-corrected chi connectivity index (χ3v) is 3.81. The zero-order valence-corrected chi connectivity index (χ0v) is 15.0. The lowest BCUT2D eigenvalue weighted by molar-refractivity contribution is -0.148. The molecule has 0 saturated heterocycles. The summed E-state index contributed by atoms with van der Waals surface area (Å²) < 4.78 is 16.1. The summed E-state index contributed by atoms with van der Waals surface area (Å²) in [6.07, 6.45) is 0.0488. The van der Waals surface area contributed by atoms with E-state index in [-0.39, 0.29) is 12.0 Å². The van der Waals surface area contributed by atoms with Crippen LogP contribution in [0, 0.1) is 0 Å². The molecule has 144 valence electrons. The number of methoxy groups -OCH3 is 1. The van der Waals surface area contributed by atoms with Gasteiger partial charge >= 0.3 is 11.9 Å². The highest BCUT2D eigenvalue weighted by Crippen LogP contribution is 2.16. The maximum absolute atomic E-state index is 11.0. The van der Waals surface area contributed by atoms with Crippen molar-refractivity contribution in [2.24, 2.45) is 0 Å². The molecule has 0 aliphatic heterocycles. The molecule has 0 unspecified atom stereocenters. The average molecular weight is 374 g/mol. The van der Waals surface area contributed by atoms with Crippen molar-refractivity contribution in [3.8, 4) is 11.5 Å². The summed E-state index contributed by atoms with van der Waals surface area (Å²) in [5.41, 5.74) is 1.03. The Morgan fingerprint density at radius 3 is 2.22 bits per heavy atom. The lowest BCUT2D eigenvalue weighted by Gasteiger charge is -2.11. The quantitative estimate of drug-likeness (QED) is 0.583. The molecule has 7 nitrogen and oxygen atoms in total. The van der Waals surface area contributed by atoms with Crippen LogP contribution in [0.5, 0.6) is 11.5 Å². The van der Waals surface area contributed by atoms with E-state index >= 15 is 0 Å². The molecule has 0 heterocycles. The van der Waals surface area contributed by atoms with E-state index in [1.165, 1.54) is 19.2 Å². The van der Waals surface area contributed by atoms with E-state index in [4.69, 9.17) is 24.4 Å². The van der Waals surface area contributed by atoms with Crippen molar-refractivity contribution in [2.75, 3.05) is 20.3 Å². The van der Waals surface area contributed by atoms with E-state index in [0.717, 1.165) is 5.56 Å². The number of carboxylic acids is 2. The van der Waals surface area contributed by atoms with Crippen molar-refractivity contribution in [1.29, 1.82) is 0 Å². The number of aliphatic carboxylic acids is 1. The summed E-state index contributed by atoms with van der Waals surface area (Å²) >= 11 is 0. The van der Waals surface area contributed by atoms with Crippen LogP contribution in [0.3, 0.4) is 0 Å². The van der Waals surface area contributed by atoms with Crippen LogP contribution in [-0.4, -0.2) is 48.6 Å². The molecular weight excluding hydrogens is 352 g/mol. The van der Waals surface area contributed by atoms with Gasteiger partial charge in [0.1, 0.15) is 11.5 Å². The number of carbonyl (C=O) groups is 2.